The highest BCUT2D eigenvalue weighted by molar-refractivity contribution is 6.33. The molecule has 2 N–H and O–H groups in total. The second-order valence-electron chi connectivity index (χ2n) is 5.51. The van der Waals surface area contributed by atoms with Crippen LogP contribution in [0, 0.1) is 0 Å². The number of hydrogen-bond donors (Lipinski definition) is 2. The first-order chi connectivity index (χ1) is 13.1. The molecule has 1 aromatic heterocycles. The molecule has 0 fully saturated rings. The van der Waals surface area contributed by atoms with Crippen molar-refractivity contribution >= 4 is 24.5 Å². The Labute approximate surface area is 157 Å². The van der Waals surface area contributed by atoms with E-state index in [-0.39, 0.29) is 5.88 Å². The lowest BCUT2D eigenvalue weighted by Crippen LogP contribution is -2.21. The molecular formula is C19H19BN2O5. The van der Waals surface area contributed by atoms with Gasteiger partial charge in [0.1, 0.15) is 17.3 Å². The van der Waals surface area contributed by atoms with Gasteiger partial charge in [0.25, 0.3) is 0 Å². The van der Waals surface area contributed by atoms with Gasteiger partial charge in [0.2, 0.25) is 5.88 Å². The number of ether oxygens (including phenoxy) is 2. The molecule has 0 aliphatic heterocycles. The number of pyridine rings is 1. The van der Waals surface area contributed by atoms with Gasteiger partial charge in [-0.15, -0.1) is 0 Å². The van der Waals surface area contributed by atoms with E-state index >= 15 is 0 Å². The third-order valence-electron chi connectivity index (χ3n) is 3.83. The summed E-state index contributed by atoms with van der Waals surface area (Å²) in [6, 6.07) is 20.1. The van der Waals surface area contributed by atoms with E-state index in [4.69, 9.17) is 24.2 Å². The molecule has 138 valence electrons. The number of anilines is 3. The van der Waals surface area contributed by atoms with E-state index in [9.17, 15) is 0 Å². The van der Waals surface area contributed by atoms with Crippen LogP contribution in [-0.4, -0.2) is 36.6 Å². The van der Waals surface area contributed by atoms with Gasteiger partial charge in [0.15, 0.2) is 0 Å². The van der Waals surface area contributed by atoms with E-state index in [0.29, 0.717) is 5.82 Å². The van der Waals surface area contributed by atoms with Crippen molar-refractivity contribution in [3.8, 4) is 17.4 Å². The molecule has 0 atom stereocenters. The molecule has 7 nitrogen and oxygen atoms in total. The van der Waals surface area contributed by atoms with Gasteiger partial charge >= 0.3 is 7.32 Å². The first-order valence-electron chi connectivity index (χ1n) is 8.19. The first-order valence-corrected chi connectivity index (χ1v) is 8.19. The van der Waals surface area contributed by atoms with Crippen molar-refractivity contribution in [1.82, 2.24) is 4.98 Å². The molecule has 0 saturated heterocycles. The van der Waals surface area contributed by atoms with Gasteiger partial charge in [0.05, 0.1) is 14.2 Å². The highest BCUT2D eigenvalue weighted by atomic mass is 16.6. The standard InChI is InChI=1S/C19H19BN2O5/c1-25-16-10-6-14(7-11-16)22(15-8-12-17(26-2)13-9-15)18-4-3-5-19(21-18)27-20(23)24/h3-13,23-24H,1-2H3. The topological polar surface area (TPSA) is 84.3 Å². The van der Waals surface area contributed by atoms with Crippen molar-refractivity contribution < 1.29 is 24.2 Å². The quantitative estimate of drug-likeness (QED) is 0.622. The van der Waals surface area contributed by atoms with Gasteiger partial charge in [-0.3, -0.25) is 4.90 Å². The predicted molar refractivity (Wildman–Crippen MR) is 103 cm³/mol. The van der Waals surface area contributed by atoms with Gasteiger partial charge in [-0.05, 0) is 60.7 Å². The predicted octanol–water partition coefficient (Wildman–Crippen LogP) is 2.92. The molecule has 3 rings (SSSR count). The van der Waals surface area contributed by atoms with Crippen molar-refractivity contribution in [3.05, 3.63) is 66.7 Å². The van der Waals surface area contributed by atoms with E-state index in [1.807, 2.05) is 53.4 Å². The normalized spacial score (nSPS) is 10.2. The highest BCUT2D eigenvalue weighted by Crippen LogP contribution is 2.35. The van der Waals surface area contributed by atoms with Crippen LogP contribution in [0.15, 0.2) is 66.7 Å². The maximum Gasteiger partial charge on any atom is 0.708 e. The number of benzene rings is 2. The van der Waals surface area contributed by atoms with Crippen LogP contribution in [0.25, 0.3) is 0 Å². The Kier molecular flexibility index (Phi) is 5.80. The first kappa shape index (κ1) is 18.6. The van der Waals surface area contributed by atoms with Crippen LogP contribution in [0.4, 0.5) is 17.2 Å². The number of rotatable bonds is 7. The third-order valence-corrected chi connectivity index (χ3v) is 3.83. The zero-order valence-electron chi connectivity index (χ0n) is 14.9. The summed E-state index contributed by atoms with van der Waals surface area (Å²) in [6.07, 6.45) is 0. The molecule has 3 aromatic rings. The van der Waals surface area contributed by atoms with Gasteiger partial charge < -0.3 is 24.2 Å². The molecule has 1 heterocycles. The Bertz CT molecular complexity index is 825. The van der Waals surface area contributed by atoms with Crippen LogP contribution in [0.3, 0.4) is 0 Å². The lowest BCUT2D eigenvalue weighted by molar-refractivity contribution is 0.283. The second-order valence-corrected chi connectivity index (χ2v) is 5.51. The molecule has 0 radical (unpaired) electrons. The summed E-state index contributed by atoms with van der Waals surface area (Å²) in [5, 5.41) is 18.1. The Morgan fingerprint density at radius 1 is 0.778 bits per heavy atom. The maximum absolute atomic E-state index is 9.04. The van der Waals surface area contributed by atoms with Crippen molar-refractivity contribution in [1.29, 1.82) is 0 Å². The summed E-state index contributed by atoms with van der Waals surface area (Å²) in [7, 11) is 1.28. The molecule has 27 heavy (non-hydrogen) atoms. The van der Waals surface area contributed by atoms with Crippen molar-refractivity contribution in [3.63, 3.8) is 0 Å². The van der Waals surface area contributed by atoms with Crippen LogP contribution in [0.5, 0.6) is 17.4 Å². The summed E-state index contributed by atoms with van der Waals surface area (Å²) in [5.41, 5.74) is 1.69. The Balaban J connectivity index is 2.05. The van der Waals surface area contributed by atoms with Gasteiger partial charge in [-0.25, -0.2) is 0 Å². The Hall–Kier alpha value is -3.23. The number of aromatic nitrogens is 1. The summed E-state index contributed by atoms with van der Waals surface area (Å²) in [5.74, 6) is 2.11. The number of nitrogens with zero attached hydrogens (tertiary/aromatic N) is 2. The molecule has 0 bridgehead atoms. The minimum Gasteiger partial charge on any atom is -0.498 e. The summed E-state index contributed by atoms with van der Waals surface area (Å²) < 4.78 is 15.3. The van der Waals surface area contributed by atoms with E-state index < -0.39 is 7.32 Å². The second kappa shape index (κ2) is 8.44. The summed E-state index contributed by atoms with van der Waals surface area (Å²) in [4.78, 5) is 6.27. The Morgan fingerprint density at radius 2 is 1.30 bits per heavy atom. The highest BCUT2D eigenvalue weighted by Gasteiger charge is 2.17. The van der Waals surface area contributed by atoms with Gasteiger partial charge in [-0.1, -0.05) is 6.07 Å². The molecular weight excluding hydrogens is 347 g/mol. The minimum atomic E-state index is -1.94. The fraction of sp³-hybridized carbons (Fsp3) is 0.105. The number of hydrogen-bond acceptors (Lipinski definition) is 7. The van der Waals surface area contributed by atoms with Crippen LogP contribution in [-0.2, 0) is 0 Å². The lowest BCUT2D eigenvalue weighted by atomic mass is 10.2. The van der Waals surface area contributed by atoms with Crippen LogP contribution >= 0.6 is 0 Å². The van der Waals surface area contributed by atoms with E-state index in [1.165, 1.54) is 0 Å². The molecule has 0 amide bonds. The van der Waals surface area contributed by atoms with Gasteiger partial charge in [0, 0.05) is 11.4 Å². The van der Waals surface area contributed by atoms with E-state index in [0.717, 1.165) is 22.9 Å². The molecule has 2 aromatic carbocycles. The molecule has 0 unspecified atom stereocenters. The molecule has 0 aliphatic rings. The molecule has 8 heteroatoms. The zero-order chi connectivity index (χ0) is 19.2. The van der Waals surface area contributed by atoms with Crippen LogP contribution in [0.1, 0.15) is 0 Å². The largest absolute Gasteiger partial charge is 0.708 e. The lowest BCUT2D eigenvalue weighted by Gasteiger charge is -2.25. The molecule has 0 aliphatic carbocycles. The fourth-order valence-corrected chi connectivity index (χ4v) is 2.58. The Morgan fingerprint density at radius 3 is 1.74 bits per heavy atom. The summed E-state index contributed by atoms with van der Waals surface area (Å²) >= 11 is 0. The van der Waals surface area contributed by atoms with E-state index in [1.54, 1.807) is 32.4 Å². The van der Waals surface area contributed by atoms with Crippen molar-refractivity contribution in [2.75, 3.05) is 19.1 Å². The van der Waals surface area contributed by atoms with Crippen molar-refractivity contribution in [2.45, 2.75) is 0 Å². The molecule has 0 spiro atoms. The average molecular weight is 366 g/mol. The minimum absolute atomic E-state index is 0.0922. The smallest absolute Gasteiger partial charge is 0.498 e. The average Bonchev–Trinajstić information content (AvgIpc) is 2.69. The third kappa shape index (κ3) is 4.49. The summed E-state index contributed by atoms with van der Waals surface area (Å²) in [6.45, 7) is 0. The SMILES string of the molecule is COc1ccc(N(c2ccc(OC)cc2)c2cccc(OB(O)O)n2)cc1. The molecule has 0 saturated carbocycles. The van der Waals surface area contributed by atoms with E-state index in [2.05, 4.69) is 4.98 Å². The van der Waals surface area contributed by atoms with Crippen LogP contribution < -0.4 is 19.0 Å². The monoisotopic (exact) mass is 366 g/mol. The van der Waals surface area contributed by atoms with Crippen LogP contribution in [0.2, 0.25) is 0 Å². The fourth-order valence-electron chi connectivity index (χ4n) is 2.58. The number of methoxy groups -OCH3 is 2. The van der Waals surface area contributed by atoms with Crippen molar-refractivity contribution in [2.24, 2.45) is 0 Å². The van der Waals surface area contributed by atoms with Gasteiger partial charge in [-0.2, -0.15) is 4.98 Å². The maximum atomic E-state index is 9.04. The zero-order valence-corrected chi connectivity index (χ0v) is 14.9.